The molecule has 30 heavy (non-hydrogen) atoms. The molecule has 0 spiro atoms. The summed E-state index contributed by atoms with van der Waals surface area (Å²) in [7, 11) is -2.58. The summed E-state index contributed by atoms with van der Waals surface area (Å²) in [4.78, 5) is 13.5. The number of aryl methyl sites for hydroxylation is 1. The molecule has 0 atom stereocenters. The zero-order valence-electron chi connectivity index (χ0n) is 16.5. The van der Waals surface area contributed by atoms with Crippen LogP contribution in [-0.4, -0.2) is 34.2 Å². The number of ether oxygens (including phenoxy) is 1. The minimum atomic E-state index is -4.02. The van der Waals surface area contributed by atoms with Crippen molar-refractivity contribution in [2.75, 3.05) is 18.0 Å². The van der Waals surface area contributed by atoms with Gasteiger partial charge in [-0.2, -0.15) is 5.10 Å². The predicted molar refractivity (Wildman–Crippen MR) is 119 cm³/mol. The van der Waals surface area contributed by atoms with E-state index in [0.717, 1.165) is 14.7 Å². The molecule has 3 rings (SSSR count). The van der Waals surface area contributed by atoms with Crippen LogP contribution in [0.15, 0.2) is 76.0 Å². The van der Waals surface area contributed by atoms with E-state index in [1.54, 1.807) is 36.4 Å². The molecule has 2 aromatic carbocycles. The van der Waals surface area contributed by atoms with E-state index in [9.17, 15) is 13.2 Å². The number of carbonyl (C=O) groups excluding carboxylic acids is 1. The second kappa shape index (κ2) is 9.55. The van der Waals surface area contributed by atoms with E-state index in [1.165, 1.54) is 36.8 Å². The lowest BCUT2D eigenvalue weighted by Gasteiger charge is -2.25. The van der Waals surface area contributed by atoms with Crippen molar-refractivity contribution < 1.29 is 17.9 Å². The van der Waals surface area contributed by atoms with Gasteiger partial charge in [-0.3, -0.25) is 9.10 Å². The van der Waals surface area contributed by atoms with E-state index in [2.05, 4.69) is 10.5 Å². The second-order valence-electron chi connectivity index (χ2n) is 6.31. The fraction of sp³-hybridized carbons (Fsp3) is 0.143. The monoisotopic (exact) mass is 443 g/mol. The third-order valence-corrected chi connectivity index (χ3v) is 6.76. The number of hydrogen-bond acceptors (Lipinski definition) is 6. The van der Waals surface area contributed by atoms with Crippen LogP contribution in [0.3, 0.4) is 0 Å². The average Bonchev–Trinajstić information content (AvgIpc) is 3.26. The van der Waals surface area contributed by atoms with Gasteiger partial charge in [-0.15, -0.1) is 11.3 Å². The van der Waals surface area contributed by atoms with Gasteiger partial charge in [0.05, 0.1) is 23.9 Å². The minimum Gasteiger partial charge on any atom is -0.495 e. The normalized spacial score (nSPS) is 11.4. The molecule has 0 aliphatic carbocycles. The molecular weight excluding hydrogens is 422 g/mol. The average molecular weight is 444 g/mol. The lowest BCUT2D eigenvalue weighted by molar-refractivity contribution is -0.119. The lowest BCUT2D eigenvalue weighted by Crippen LogP contribution is -2.39. The van der Waals surface area contributed by atoms with Crippen LogP contribution in [0.2, 0.25) is 0 Å². The molecule has 0 aliphatic rings. The highest BCUT2D eigenvalue weighted by Crippen LogP contribution is 2.32. The van der Waals surface area contributed by atoms with Crippen molar-refractivity contribution in [3.8, 4) is 5.75 Å². The van der Waals surface area contributed by atoms with Gasteiger partial charge in [0, 0.05) is 4.88 Å². The van der Waals surface area contributed by atoms with E-state index in [0.29, 0.717) is 5.75 Å². The molecule has 1 aromatic heterocycles. The van der Waals surface area contributed by atoms with Crippen LogP contribution in [0, 0.1) is 6.92 Å². The number of nitrogens with zero attached hydrogens (tertiary/aromatic N) is 2. The summed E-state index contributed by atoms with van der Waals surface area (Å²) in [5.74, 6) is -0.243. The first-order valence-electron chi connectivity index (χ1n) is 8.99. The number of hydrazone groups is 1. The molecule has 7 nitrogen and oxygen atoms in total. The van der Waals surface area contributed by atoms with Crippen molar-refractivity contribution >= 4 is 39.2 Å². The molecule has 1 N–H and O–H groups in total. The Bertz CT molecular complexity index is 1130. The van der Waals surface area contributed by atoms with Gasteiger partial charge in [0.1, 0.15) is 12.3 Å². The molecule has 0 aliphatic heterocycles. The van der Waals surface area contributed by atoms with Crippen molar-refractivity contribution in [3.63, 3.8) is 0 Å². The van der Waals surface area contributed by atoms with Crippen molar-refractivity contribution in [2.45, 2.75) is 11.8 Å². The highest BCUT2D eigenvalue weighted by atomic mass is 32.2. The summed E-state index contributed by atoms with van der Waals surface area (Å²) in [6.07, 6.45) is 1.50. The Morgan fingerprint density at radius 3 is 2.53 bits per heavy atom. The van der Waals surface area contributed by atoms with Gasteiger partial charge in [0.2, 0.25) is 0 Å². The zero-order valence-corrected chi connectivity index (χ0v) is 18.1. The molecule has 0 saturated heterocycles. The summed E-state index contributed by atoms with van der Waals surface area (Å²) in [6, 6.07) is 16.8. The minimum absolute atomic E-state index is 0.0777. The Balaban J connectivity index is 1.91. The van der Waals surface area contributed by atoms with Crippen LogP contribution in [0.4, 0.5) is 5.69 Å². The number of carbonyl (C=O) groups is 1. The van der Waals surface area contributed by atoms with E-state index in [1.807, 2.05) is 24.4 Å². The number of sulfonamides is 1. The molecule has 9 heteroatoms. The summed E-state index contributed by atoms with van der Waals surface area (Å²) >= 11 is 1.47. The number of thiophene rings is 1. The number of hydrogen-bond donors (Lipinski definition) is 1. The molecule has 0 saturated carbocycles. The van der Waals surface area contributed by atoms with E-state index in [4.69, 9.17) is 4.74 Å². The van der Waals surface area contributed by atoms with Crippen LogP contribution >= 0.6 is 11.3 Å². The van der Waals surface area contributed by atoms with Crippen LogP contribution in [0.1, 0.15) is 10.4 Å². The second-order valence-corrected chi connectivity index (χ2v) is 9.15. The summed E-state index contributed by atoms with van der Waals surface area (Å²) in [5.41, 5.74) is 3.57. The maximum absolute atomic E-state index is 13.4. The van der Waals surface area contributed by atoms with Crippen molar-refractivity contribution in [1.82, 2.24) is 5.43 Å². The van der Waals surface area contributed by atoms with Gasteiger partial charge in [-0.1, -0.05) is 35.9 Å². The highest BCUT2D eigenvalue weighted by molar-refractivity contribution is 7.92. The molecule has 0 bridgehead atoms. The first-order chi connectivity index (χ1) is 14.4. The SMILES string of the molecule is COc1ccccc1N(CC(=O)N/N=C\c1cccs1)S(=O)(=O)c1ccc(C)cc1. The topological polar surface area (TPSA) is 88.1 Å². The molecule has 0 radical (unpaired) electrons. The molecule has 1 heterocycles. The maximum atomic E-state index is 13.4. The van der Waals surface area contributed by atoms with Gasteiger partial charge in [0.15, 0.2) is 0 Å². The van der Waals surface area contributed by atoms with Crippen LogP contribution in [0.25, 0.3) is 0 Å². The number of methoxy groups -OCH3 is 1. The Morgan fingerprint density at radius 2 is 1.87 bits per heavy atom. The standard InChI is InChI=1S/C21H21N3O4S2/c1-16-9-11-18(12-10-16)30(26,27)24(19-7-3-4-8-20(19)28-2)15-21(25)23-22-14-17-6-5-13-29-17/h3-14H,15H2,1-2H3,(H,23,25)/b22-14-. The Hall–Kier alpha value is -3.17. The van der Waals surface area contributed by atoms with Gasteiger partial charge in [0.25, 0.3) is 15.9 Å². The first kappa shape index (κ1) is 21.5. The fourth-order valence-corrected chi connectivity index (χ4v) is 4.69. The quantitative estimate of drug-likeness (QED) is 0.427. The first-order valence-corrected chi connectivity index (χ1v) is 11.3. The summed E-state index contributed by atoms with van der Waals surface area (Å²) in [6.45, 7) is 1.41. The fourth-order valence-electron chi connectivity index (χ4n) is 2.67. The number of nitrogens with one attached hydrogen (secondary N) is 1. The van der Waals surface area contributed by atoms with Crippen LogP contribution in [0.5, 0.6) is 5.75 Å². The molecule has 0 fully saturated rings. The molecule has 0 unspecified atom stereocenters. The van der Waals surface area contributed by atoms with E-state index >= 15 is 0 Å². The van der Waals surface area contributed by atoms with Crippen molar-refractivity contribution in [1.29, 1.82) is 0 Å². The van der Waals surface area contributed by atoms with E-state index in [-0.39, 0.29) is 10.6 Å². The molecule has 156 valence electrons. The lowest BCUT2D eigenvalue weighted by atomic mass is 10.2. The van der Waals surface area contributed by atoms with Gasteiger partial charge < -0.3 is 4.74 Å². The Labute approximate surface area is 179 Å². The maximum Gasteiger partial charge on any atom is 0.264 e. The number of para-hydroxylation sites is 2. The highest BCUT2D eigenvalue weighted by Gasteiger charge is 2.29. The van der Waals surface area contributed by atoms with Gasteiger partial charge in [-0.25, -0.2) is 13.8 Å². The third-order valence-electron chi connectivity index (χ3n) is 4.17. The van der Waals surface area contributed by atoms with E-state index < -0.39 is 22.5 Å². The summed E-state index contributed by atoms with van der Waals surface area (Å²) < 4.78 is 33.1. The van der Waals surface area contributed by atoms with Crippen molar-refractivity contribution in [3.05, 3.63) is 76.5 Å². The number of anilines is 1. The Kier molecular flexibility index (Phi) is 6.86. The Morgan fingerprint density at radius 1 is 1.13 bits per heavy atom. The third kappa shape index (κ3) is 5.05. The molecule has 1 amide bonds. The van der Waals surface area contributed by atoms with Gasteiger partial charge >= 0.3 is 0 Å². The number of benzene rings is 2. The number of rotatable bonds is 8. The van der Waals surface area contributed by atoms with Gasteiger partial charge in [-0.05, 0) is 42.6 Å². The van der Waals surface area contributed by atoms with Crippen LogP contribution in [-0.2, 0) is 14.8 Å². The number of amides is 1. The van der Waals surface area contributed by atoms with Crippen LogP contribution < -0.4 is 14.5 Å². The smallest absolute Gasteiger partial charge is 0.264 e. The summed E-state index contributed by atoms with van der Waals surface area (Å²) in [5, 5.41) is 5.79. The molecular formula is C21H21N3O4S2. The predicted octanol–water partition coefficient (Wildman–Crippen LogP) is 3.41. The zero-order chi connectivity index (χ0) is 21.6. The van der Waals surface area contributed by atoms with Crippen molar-refractivity contribution in [2.24, 2.45) is 5.10 Å². The molecule has 3 aromatic rings. The largest absolute Gasteiger partial charge is 0.495 e.